The second-order valence-corrected chi connectivity index (χ2v) is 5.78. The highest BCUT2D eigenvalue weighted by atomic mass is 16.1. The number of hydrogen-bond donors (Lipinski definition) is 2. The van der Waals surface area contributed by atoms with E-state index in [2.05, 4.69) is 20.9 Å². The number of carbonyl (C=O) groups is 1. The first-order chi connectivity index (χ1) is 11.1. The van der Waals surface area contributed by atoms with Crippen LogP contribution in [0.1, 0.15) is 15.9 Å². The van der Waals surface area contributed by atoms with Gasteiger partial charge in [-0.15, -0.1) is 0 Å². The molecular formula is C17H21N5O. The van der Waals surface area contributed by atoms with Gasteiger partial charge in [-0.1, -0.05) is 12.1 Å². The molecule has 2 heterocycles. The number of primary amides is 1. The van der Waals surface area contributed by atoms with E-state index in [4.69, 9.17) is 11.5 Å². The maximum Gasteiger partial charge on any atom is 0.250 e. The molecular weight excluding hydrogens is 290 g/mol. The summed E-state index contributed by atoms with van der Waals surface area (Å²) in [7, 11) is 0. The van der Waals surface area contributed by atoms with E-state index in [9.17, 15) is 4.79 Å². The molecule has 3 rings (SSSR count). The first-order valence-electron chi connectivity index (χ1n) is 7.69. The number of anilines is 2. The fraction of sp³-hybridized carbons (Fsp3) is 0.294. The summed E-state index contributed by atoms with van der Waals surface area (Å²) in [6.07, 6.45) is 1.54. The molecule has 0 unspecified atom stereocenters. The molecule has 0 radical (unpaired) electrons. The van der Waals surface area contributed by atoms with E-state index >= 15 is 0 Å². The number of aromatic nitrogens is 1. The number of pyridine rings is 1. The first kappa shape index (κ1) is 15.3. The average molecular weight is 311 g/mol. The van der Waals surface area contributed by atoms with Crippen LogP contribution in [0.25, 0.3) is 0 Å². The van der Waals surface area contributed by atoms with Gasteiger partial charge in [0.05, 0.1) is 5.56 Å². The van der Waals surface area contributed by atoms with Crippen molar-refractivity contribution in [2.75, 3.05) is 36.8 Å². The van der Waals surface area contributed by atoms with Crippen LogP contribution in [-0.2, 0) is 6.54 Å². The molecule has 1 fully saturated rings. The van der Waals surface area contributed by atoms with E-state index in [1.807, 2.05) is 24.3 Å². The lowest BCUT2D eigenvalue weighted by Gasteiger charge is -2.35. The molecule has 1 aromatic carbocycles. The second kappa shape index (κ2) is 6.66. The summed E-state index contributed by atoms with van der Waals surface area (Å²) in [4.78, 5) is 20.0. The van der Waals surface area contributed by atoms with Gasteiger partial charge in [-0.05, 0) is 29.8 Å². The Bertz CT molecular complexity index is 678. The van der Waals surface area contributed by atoms with Crippen molar-refractivity contribution in [3.63, 3.8) is 0 Å². The molecule has 6 nitrogen and oxygen atoms in total. The second-order valence-electron chi connectivity index (χ2n) is 5.78. The number of hydrogen-bond acceptors (Lipinski definition) is 5. The molecule has 1 amide bonds. The van der Waals surface area contributed by atoms with Gasteiger partial charge in [0.1, 0.15) is 5.82 Å². The maximum absolute atomic E-state index is 11.1. The van der Waals surface area contributed by atoms with Gasteiger partial charge in [-0.2, -0.15) is 0 Å². The molecule has 0 saturated carbocycles. The summed E-state index contributed by atoms with van der Waals surface area (Å²) in [5.41, 5.74) is 13.5. The molecule has 0 spiro atoms. The topological polar surface area (TPSA) is 88.5 Å². The Morgan fingerprint density at radius 2 is 1.91 bits per heavy atom. The van der Waals surface area contributed by atoms with E-state index in [-0.39, 0.29) is 0 Å². The summed E-state index contributed by atoms with van der Waals surface area (Å²) < 4.78 is 0. The minimum Gasteiger partial charge on any atom is -0.399 e. The zero-order valence-electron chi connectivity index (χ0n) is 13.0. The lowest BCUT2D eigenvalue weighted by Crippen LogP contribution is -2.46. The average Bonchev–Trinajstić information content (AvgIpc) is 2.56. The molecule has 4 N–H and O–H groups in total. The van der Waals surface area contributed by atoms with Crippen molar-refractivity contribution >= 4 is 17.4 Å². The fourth-order valence-electron chi connectivity index (χ4n) is 2.80. The molecule has 6 heteroatoms. The van der Waals surface area contributed by atoms with Crippen LogP contribution in [0.2, 0.25) is 0 Å². The Balaban J connectivity index is 1.56. The van der Waals surface area contributed by atoms with Crippen molar-refractivity contribution < 1.29 is 4.79 Å². The standard InChI is InChI=1S/C17H21N5O/c18-15-3-1-2-13(10-15)12-21-6-8-22(9-7-21)16-5-4-14(11-20-16)17(19)23/h1-5,10-11H,6-9,12,18H2,(H2,19,23). The smallest absolute Gasteiger partial charge is 0.250 e. The molecule has 0 bridgehead atoms. The lowest BCUT2D eigenvalue weighted by molar-refractivity contribution is 0.1000. The Kier molecular flexibility index (Phi) is 4.43. The van der Waals surface area contributed by atoms with E-state index in [1.165, 1.54) is 11.8 Å². The fourth-order valence-corrected chi connectivity index (χ4v) is 2.80. The molecule has 1 saturated heterocycles. The third-order valence-corrected chi connectivity index (χ3v) is 4.09. The quantitative estimate of drug-likeness (QED) is 0.825. The van der Waals surface area contributed by atoms with Gasteiger partial charge in [0.25, 0.3) is 0 Å². The number of amides is 1. The first-order valence-corrected chi connectivity index (χ1v) is 7.69. The number of benzene rings is 1. The van der Waals surface area contributed by atoms with Crippen LogP contribution in [0.15, 0.2) is 42.6 Å². The number of nitrogens with zero attached hydrogens (tertiary/aromatic N) is 3. The summed E-state index contributed by atoms with van der Waals surface area (Å²) in [6, 6.07) is 11.6. The predicted octanol–water partition coefficient (Wildman–Crippen LogP) is 1.08. The third kappa shape index (κ3) is 3.78. The number of nitrogens with two attached hydrogens (primary N) is 2. The van der Waals surface area contributed by atoms with E-state index in [0.29, 0.717) is 5.56 Å². The van der Waals surface area contributed by atoms with Crippen molar-refractivity contribution in [1.82, 2.24) is 9.88 Å². The van der Waals surface area contributed by atoms with Crippen molar-refractivity contribution in [3.8, 4) is 0 Å². The van der Waals surface area contributed by atoms with Crippen LogP contribution >= 0.6 is 0 Å². The number of rotatable bonds is 4. The van der Waals surface area contributed by atoms with Crippen molar-refractivity contribution in [2.45, 2.75) is 6.54 Å². The summed E-state index contributed by atoms with van der Waals surface area (Å²) in [5.74, 6) is 0.439. The number of piperazine rings is 1. The highest BCUT2D eigenvalue weighted by molar-refractivity contribution is 5.92. The van der Waals surface area contributed by atoms with Gasteiger partial charge in [-0.25, -0.2) is 4.98 Å². The summed E-state index contributed by atoms with van der Waals surface area (Å²) >= 11 is 0. The van der Waals surface area contributed by atoms with E-state index in [0.717, 1.165) is 44.2 Å². The van der Waals surface area contributed by atoms with Crippen LogP contribution in [0.5, 0.6) is 0 Å². The zero-order valence-corrected chi connectivity index (χ0v) is 13.0. The highest BCUT2D eigenvalue weighted by Crippen LogP contribution is 2.16. The van der Waals surface area contributed by atoms with Crippen LogP contribution < -0.4 is 16.4 Å². The van der Waals surface area contributed by atoms with Crippen LogP contribution in [-0.4, -0.2) is 42.0 Å². The normalized spacial score (nSPS) is 15.6. The van der Waals surface area contributed by atoms with E-state index < -0.39 is 5.91 Å². The Labute approximate surface area is 135 Å². The van der Waals surface area contributed by atoms with Crippen LogP contribution in [0.3, 0.4) is 0 Å². The minimum absolute atomic E-state index is 0.439. The molecule has 1 aliphatic heterocycles. The van der Waals surface area contributed by atoms with E-state index in [1.54, 1.807) is 6.07 Å². The van der Waals surface area contributed by atoms with Gasteiger partial charge in [0, 0.05) is 44.6 Å². The summed E-state index contributed by atoms with van der Waals surface area (Å²) in [5, 5.41) is 0. The molecule has 0 aliphatic carbocycles. The van der Waals surface area contributed by atoms with Crippen molar-refractivity contribution in [2.24, 2.45) is 5.73 Å². The van der Waals surface area contributed by atoms with Gasteiger partial charge in [-0.3, -0.25) is 9.69 Å². The van der Waals surface area contributed by atoms with Crippen molar-refractivity contribution in [1.29, 1.82) is 0 Å². The number of carbonyl (C=O) groups excluding carboxylic acids is 1. The molecule has 2 aromatic rings. The third-order valence-electron chi connectivity index (χ3n) is 4.09. The minimum atomic E-state index is -0.448. The van der Waals surface area contributed by atoms with Gasteiger partial charge < -0.3 is 16.4 Å². The maximum atomic E-state index is 11.1. The number of nitrogen functional groups attached to an aromatic ring is 1. The Morgan fingerprint density at radius 3 is 2.52 bits per heavy atom. The largest absolute Gasteiger partial charge is 0.399 e. The molecule has 23 heavy (non-hydrogen) atoms. The van der Waals surface area contributed by atoms with Crippen LogP contribution in [0.4, 0.5) is 11.5 Å². The van der Waals surface area contributed by atoms with Gasteiger partial charge in [0.15, 0.2) is 0 Å². The Morgan fingerprint density at radius 1 is 1.13 bits per heavy atom. The lowest BCUT2D eigenvalue weighted by atomic mass is 10.1. The molecule has 0 atom stereocenters. The molecule has 1 aliphatic rings. The highest BCUT2D eigenvalue weighted by Gasteiger charge is 2.18. The monoisotopic (exact) mass is 311 g/mol. The molecule has 1 aromatic heterocycles. The molecule has 120 valence electrons. The zero-order chi connectivity index (χ0) is 16.2. The van der Waals surface area contributed by atoms with Crippen LogP contribution in [0, 0.1) is 0 Å². The van der Waals surface area contributed by atoms with Gasteiger partial charge >= 0.3 is 0 Å². The SMILES string of the molecule is NC(=O)c1ccc(N2CCN(Cc3cccc(N)c3)CC2)nc1. The van der Waals surface area contributed by atoms with Crippen molar-refractivity contribution in [3.05, 3.63) is 53.7 Å². The Hall–Kier alpha value is -2.60. The van der Waals surface area contributed by atoms with Gasteiger partial charge in [0.2, 0.25) is 5.91 Å². The predicted molar refractivity (Wildman–Crippen MR) is 91.1 cm³/mol. The summed E-state index contributed by atoms with van der Waals surface area (Å²) in [6.45, 7) is 4.66.